The lowest BCUT2D eigenvalue weighted by atomic mass is 10.2. The monoisotopic (exact) mass is 335 g/mol. The van der Waals surface area contributed by atoms with Crippen LogP contribution in [0.15, 0.2) is 24.3 Å². The molecule has 1 aromatic heterocycles. The van der Waals surface area contributed by atoms with Crippen LogP contribution in [0.1, 0.15) is 23.9 Å². The van der Waals surface area contributed by atoms with Gasteiger partial charge in [-0.15, -0.1) is 0 Å². The zero-order valence-corrected chi connectivity index (χ0v) is 15.0. The van der Waals surface area contributed by atoms with Crippen molar-refractivity contribution in [2.24, 2.45) is 7.05 Å². The van der Waals surface area contributed by atoms with E-state index in [0.29, 0.717) is 0 Å². The third-order valence-electron chi connectivity index (χ3n) is 4.29. The average Bonchev–Trinajstić information content (AvgIpc) is 2.75. The number of hydrogen-bond donors (Lipinski definition) is 2. The standard InChI is InChI=1S/C17H23ClN4O/c1-11-16(12(2)22(5)20-11)19-17(23)13(3)21(4)10-14-6-8-15(18)9-7-14/h6-9,13H,10H2,1-5H3,(H,19,23)/p+1/t13-/m1/s1. The Morgan fingerprint density at radius 1 is 1.35 bits per heavy atom. The molecule has 1 unspecified atom stereocenters. The largest absolute Gasteiger partial charge is 0.324 e. The number of aromatic nitrogens is 2. The Bertz CT molecular complexity index is 693. The van der Waals surface area contributed by atoms with E-state index < -0.39 is 0 Å². The quantitative estimate of drug-likeness (QED) is 0.874. The number of amides is 1. The molecule has 0 saturated carbocycles. The van der Waals surface area contributed by atoms with Gasteiger partial charge in [-0.25, -0.2) is 0 Å². The number of benzene rings is 1. The summed E-state index contributed by atoms with van der Waals surface area (Å²) in [6.07, 6.45) is 0. The smallest absolute Gasteiger partial charge is 0.282 e. The highest BCUT2D eigenvalue weighted by Crippen LogP contribution is 2.18. The summed E-state index contributed by atoms with van der Waals surface area (Å²) in [4.78, 5) is 13.6. The van der Waals surface area contributed by atoms with Gasteiger partial charge < -0.3 is 10.2 Å². The third-order valence-corrected chi connectivity index (χ3v) is 4.54. The van der Waals surface area contributed by atoms with Crippen LogP contribution in [-0.4, -0.2) is 28.8 Å². The van der Waals surface area contributed by atoms with Gasteiger partial charge in [0.05, 0.1) is 24.1 Å². The predicted molar refractivity (Wildman–Crippen MR) is 92.8 cm³/mol. The van der Waals surface area contributed by atoms with Crippen molar-refractivity contribution < 1.29 is 9.69 Å². The number of halogens is 1. The molecule has 0 bridgehead atoms. The van der Waals surface area contributed by atoms with Crippen molar-refractivity contribution in [3.63, 3.8) is 0 Å². The summed E-state index contributed by atoms with van der Waals surface area (Å²) < 4.78 is 1.78. The molecule has 23 heavy (non-hydrogen) atoms. The highest BCUT2D eigenvalue weighted by atomic mass is 35.5. The van der Waals surface area contributed by atoms with Gasteiger partial charge in [-0.1, -0.05) is 23.7 Å². The first kappa shape index (κ1) is 17.5. The van der Waals surface area contributed by atoms with Crippen LogP contribution < -0.4 is 10.2 Å². The van der Waals surface area contributed by atoms with Gasteiger partial charge in [-0.3, -0.25) is 9.48 Å². The number of carbonyl (C=O) groups is 1. The lowest BCUT2D eigenvalue weighted by Gasteiger charge is -2.21. The highest BCUT2D eigenvalue weighted by Gasteiger charge is 2.24. The average molecular weight is 336 g/mol. The molecular formula is C17H24ClN4O+. The van der Waals surface area contributed by atoms with Crippen molar-refractivity contribution in [1.82, 2.24) is 9.78 Å². The molecule has 0 aliphatic rings. The Kier molecular flexibility index (Phi) is 5.44. The summed E-state index contributed by atoms with van der Waals surface area (Å²) in [7, 11) is 3.89. The molecule has 0 fully saturated rings. The number of anilines is 1. The second kappa shape index (κ2) is 7.15. The summed E-state index contributed by atoms with van der Waals surface area (Å²) in [6.45, 7) is 6.54. The summed E-state index contributed by atoms with van der Waals surface area (Å²) in [6, 6.07) is 7.55. The highest BCUT2D eigenvalue weighted by molar-refractivity contribution is 6.30. The molecule has 0 aliphatic heterocycles. The maximum Gasteiger partial charge on any atom is 0.282 e. The van der Waals surface area contributed by atoms with Crippen molar-refractivity contribution in [3.8, 4) is 0 Å². The molecule has 2 atom stereocenters. The summed E-state index contributed by atoms with van der Waals surface area (Å²) in [5, 5.41) is 8.06. The second-order valence-corrected chi connectivity index (χ2v) is 6.47. The predicted octanol–water partition coefficient (Wildman–Crippen LogP) is 1.73. The minimum atomic E-state index is -0.176. The molecule has 0 spiro atoms. The van der Waals surface area contributed by atoms with Gasteiger partial charge >= 0.3 is 0 Å². The van der Waals surface area contributed by atoms with E-state index in [-0.39, 0.29) is 11.9 Å². The van der Waals surface area contributed by atoms with E-state index in [2.05, 4.69) is 10.4 Å². The topological polar surface area (TPSA) is 51.4 Å². The van der Waals surface area contributed by atoms with Crippen molar-refractivity contribution in [3.05, 3.63) is 46.2 Å². The van der Waals surface area contributed by atoms with Gasteiger partial charge in [0.2, 0.25) is 0 Å². The Balaban J connectivity index is 2.02. The maximum absolute atomic E-state index is 12.5. The van der Waals surface area contributed by atoms with Crippen LogP contribution in [-0.2, 0) is 18.4 Å². The molecule has 0 radical (unpaired) electrons. The van der Waals surface area contributed by atoms with Gasteiger partial charge in [0.25, 0.3) is 5.91 Å². The van der Waals surface area contributed by atoms with Gasteiger partial charge in [0.15, 0.2) is 6.04 Å². The van der Waals surface area contributed by atoms with Crippen LogP contribution in [0.25, 0.3) is 0 Å². The molecule has 2 rings (SSSR count). The van der Waals surface area contributed by atoms with Crippen LogP contribution in [0.4, 0.5) is 5.69 Å². The Morgan fingerprint density at radius 3 is 2.48 bits per heavy atom. The number of likely N-dealkylation sites (N-methyl/N-ethyl adjacent to an activating group) is 1. The van der Waals surface area contributed by atoms with Crippen LogP contribution in [0.3, 0.4) is 0 Å². The van der Waals surface area contributed by atoms with Crippen molar-refractivity contribution >= 4 is 23.2 Å². The molecule has 1 aromatic carbocycles. The molecule has 2 N–H and O–H groups in total. The summed E-state index contributed by atoms with van der Waals surface area (Å²) in [5.41, 5.74) is 3.75. The molecule has 0 saturated heterocycles. The first-order valence-electron chi connectivity index (χ1n) is 7.67. The van der Waals surface area contributed by atoms with Gasteiger partial charge in [-0.2, -0.15) is 5.10 Å². The molecule has 5 nitrogen and oxygen atoms in total. The number of nitrogens with one attached hydrogen (secondary N) is 2. The summed E-state index contributed by atoms with van der Waals surface area (Å²) in [5.74, 6) is -0.00402. The zero-order valence-electron chi connectivity index (χ0n) is 14.3. The van der Waals surface area contributed by atoms with Crippen LogP contribution in [0, 0.1) is 13.8 Å². The Morgan fingerprint density at radius 2 is 1.96 bits per heavy atom. The van der Waals surface area contributed by atoms with Crippen molar-refractivity contribution in [2.75, 3.05) is 12.4 Å². The fourth-order valence-electron chi connectivity index (χ4n) is 2.49. The third kappa shape index (κ3) is 4.12. The van der Waals surface area contributed by atoms with Gasteiger partial charge in [0, 0.05) is 17.6 Å². The van der Waals surface area contributed by atoms with Crippen LogP contribution in [0.2, 0.25) is 5.02 Å². The van der Waals surface area contributed by atoms with E-state index >= 15 is 0 Å². The molecule has 1 heterocycles. The molecule has 0 aliphatic carbocycles. The molecule has 1 amide bonds. The van der Waals surface area contributed by atoms with Crippen LogP contribution in [0.5, 0.6) is 0 Å². The number of aryl methyl sites for hydroxylation is 2. The van der Waals surface area contributed by atoms with Gasteiger partial charge in [-0.05, 0) is 32.9 Å². The van der Waals surface area contributed by atoms with E-state index in [1.807, 2.05) is 59.1 Å². The number of nitrogens with zero attached hydrogens (tertiary/aromatic N) is 2. The maximum atomic E-state index is 12.5. The van der Waals surface area contributed by atoms with Crippen molar-refractivity contribution in [2.45, 2.75) is 33.4 Å². The Hall–Kier alpha value is -1.85. The number of carbonyl (C=O) groups excluding carboxylic acids is 1. The van der Waals surface area contributed by atoms with Crippen molar-refractivity contribution in [1.29, 1.82) is 0 Å². The van der Waals surface area contributed by atoms with E-state index in [0.717, 1.165) is 39.1 Å². The lowest BCUT2D eigenvalue weighted by Crippen LogP contribution is -3.12. The lowest BCUT2D eigenvalue weighted by molar-refractivity contribution is -0.907. The minimum absolute atomic E-state index is 0.00402. The molecule has 6 heteroatoms. The number of hydrogen-bond acceptors (Lipinski definition) is 2. The van der Waals surface area contributed by atoms with Crippen LogP contribution >= 0.6 is 11.6 Å². The number of rotatable bonds is 5. The first-order chi connectivity index (χ1) is 10.8. The normalized spacial score (nSPS) is 13.7. The molecule has 2 aromatic rings. The first-order valence-corrected chi connectivity index (χ1v) is 8.05. The Labute approximate surface area is 142 Å². The van der Waals surface area contributed by atoms with E-state index in [1.165, 1.54) is 0 Å². The summed E-state index contributed by atoms with van der Waals surface area (Å²) >= 11 is 5.90. The molecule has 124 valence electrons. The molecular weight excluding hydrogens is 312 g/mol. The SMILES string of the molecule is Cc1nn(C)c(C)c1NC(=O)[C@@H](C)[NH+](C)Cc1ccc(Cl)cc1. The zero-order chi connectivity index (χ0) is 17.1. The minimum Gasteiger partial charge on any atom is -0.324 e. The van der Waals surface area contributed by atoms with E-state index in [9.17, 15) is 4.79 Å². The fraction of sp³-hybridized carbons (Fsp3) is 0.412. The fourth-order valence-corrected chi connectivity index (χ4v) is 2.61. The van der Waals surface area contributed by atoms with Gasteiger partial charge in [0.1, 0.15) is 6.54 Å². The van der Waals surface area contributed by atoms with E-state index in [1.54, 1.807) is 4.68 Å². The number of quaternary nitrogens is 1. The second-order valence-electron chi connectivity index (χ2n) is 6.03. The van der Waals surface area contributed by atoms with E-state index in [4.69, 9.17) is 11.6 Å².